The van der Waals surface area contributed by atoms with Crippen molar-refractivity contribution in [1.82, 2.24) is 4.98 Å². The number of nitrogens with zero attached hydrogens (tertiary/aromatic N) is 1. The van der Waals surface area contributed by atoms with E-state index in [1.165, 1.54) is 0 Å². The molecule has 0 spiro atoms. The number of hydrogen-bond donors (Lipinski definition) is 1. The van der Waals surface area contributed by atoms with Crippen molar-refractivity contribution < 1.29 is 9.66 Å². The van der Waals surface area contributed by atoms with E-state index in [2.05, 4.69) is 4.98 Å². The molecule has 0 aliphatic carbocycles. The largest absolute Gasteiger partial charge is 0.486 e. The maximum atomic E-state index is 12.6. The molecule has 0 amide bonds. The number of nitro groups is 1. The number of para-hydroxylation sites is 1. The van der Waals surface area contributed by atoms with Gasteiger partial charge in [-0.2, -0.15) is 0 Å². The van der Waals surface area contributed by atoms with Crippen LogP contribution in [0.4, 0.5) is 0 Å². The smallest absolute Gasteiger partial charge is 0.237 e. The van der Waals surface area contributed by atoms with Gasteiger partial charge < -0.3 is 9.72 Å². The van der Waals surface area contributed by atoms with Gasteiger partial charge in [-0.3, -0.25) is 14.9 Å². The van der Waals surface area contributed by atoms with Crippen LogP contribution in [-0.4, -0.2) is 23.1 Å². The first kappa shape index (κ1) is 13.1. The van der Waals surface area contributed by atoms with Crippen LogP contribution in [0.15, 0.2) is 47.3 Å². The summed E-state index contributed by atoms with van der Waals surface area (Å²) in [6.45, 7) is -0.375. The van der Waals surface area contributed by atoms with Gasteiger partial charge in [-0.25, -0.2) is 0 Å². The summed E-state index contributed by atoms with van der Waals surface area (Å²) in [5.41, 5.74) is 1.26. The van der Waals surface area contributed by atoms with Gasteiger partial charge in [-0.1, -0.05) is 18.2 Å². The van der Waals surface area contributed by atoms with Crippen LogP contribution in [0.3, 0.4) is 0 Å². The van der Waals surface area contributed by atoms with Crippen molar-refractivity contribution >= 4 is 21.8 Å². The third kappa shape index (κ3) is 2.43. The molecule has 0 saturated carbocycles. The molecule has 0 bridgehead atoms. The lowest BCUT2D eigenvalue weighted by molar-refractivity contribution is -0.481. The Morgan fingerprint density at radius 3 is 2.67 bits per heavy atom. The van der Waals surface area contributed by atoms with E-state index in [-0.39, 0.29) is 18.6 Å². The Labute approximate surface area is 119 Å². The van der Waals surface area contributed by atoms with E-state index in [1.54, 1.807) is 30.3 Å². The van der Waals surface area contributed by atoms with Crippen LogP contribution in [0.25, 0.3) is 21.8 Å². The minimum absolute atomic E-state index is 0.0711. The minimum atomic E-state index is -0.454. The average Bonchev–Trinajstić information content (AvgIpc) is 2.47. The summed E-state index contributed by atoms with van der Waals surface area (Å²) in [6, 6.07) is 12.4. The quantitative estimate of drug-likeness (QED) is 0.452. The van der Waals surface area contributed by atoms with Crippen LogP contribution in [0, 0.1) is 10.1 Å². The minimum Gasteiger partial charge on any atom is -0.486 e. The molecule has 106 valence electrons. The Hall–Kier alpha value is -2.89. The first-order chi connectivity index (χ1) is 10.2. The van der Waals surface area contributed by atoms with Crippen molar-refractivity contribution in [1.29, 1.82) is 0 Å². The fourth-order valence-corrected chi connectivity index (χ4v) is 2.29. The van der Waals surface area contributed by atoms with Gasteiger partial charge in [-0.15, -0.1) is 0 Å². The summed E-state index contributed by atoms with van der Waals surface area (Å²) >= 11 is 0. The van der Waals surface area contributed by atoms with E-state index < -0.39 is 4.92 Å². The van der Waals surface area contributed by atoms with Gasteiger partial charge in [0.2, 0.25) is 12.0 Å². The van der Waals surface area contributed by atoms with Crippen molar-refractivity contribution in [2.45, 2.75) is 0 Å². The molecule has 0 aliphatic rings. The molecule has 1 N–H and O–H groups in total. The number of H-pyrrole nitrogens is 1. The first-order valence-corrected chi connectivity index (χ1v) is 6.45. The number of hydrogen-bond acceptors (Lipinski definition) is 4. The highest BCUT2D eigenvalue weighted by molar-refractivity contribution is 5.95. The van der Waals surface area contributed by atoms with E-state index in [0.717, 1.165) is 5.52 Å². The van der Waals surface area contributed by atoms with Crippen molar-refractivity contribution in [3.05, 3.63) is 62.8 Å². The molecule has 21 heavy (non-hydrogen) atoms. The van der Waals surface area contributed by atoms with Gasteiger partial charge in [0.15, 0.2) is 6.61 Å². The molecule has 1 aromatic heterocycles. The SMILES string of the molecule is O=c1c2ccccc2[nH]c2cccc(OCC[N+](=O)[O-])c12. The Balaban J connectivity index is 2.15. The van der Waals surface area contributed by atoms with Crippen molar-refractivity contribution in [2.75, 3.05) is 13.2 Å². The lowest BCUT2D eigenvalue weighted by Gasteiger charge is -2.08. The second kappa shape index (κ2) is 5.24. The summed E-state index contributed by atoms with van der Waals surface area (Å²) in [7, 11) is 0. The molecular formula is C15H12N2O4. The Morgan fingerprint density at radius 2 is 1.86 bits per heavy atom. The highest BCUT2D eigenvalue weighted by Crippen LogP contribution is 2.23. The van der Waals surface area contributed by atoms with E-state index in [1.807, 2.05) is 12.1 Å². The maximum absolute atomic E-state index is 12.6. The van der Waals surface area contributed by atoms with Gasteiger partial charge in [0, 0.05) is 15.8 Å². The lowest BCUT2D eigenvalue weighted by atomic mass is 10.1. The first-order valence-electron chi connectivity index (χ1n) is 6.45. The summed E-state index contributed by atoms with van der Waals surface area (Å²) in [5.74, 6) is 0.362. The number of aromatic nitrogens is 1. The van der Waals surface area contributed by atoms with Crippen LogP contribution >= 0.6 is 0 Å². The predicted molar refractivity (Wildman–Crippen MR) is 79.4 cm³/mol. The zero-order valence-electron chi connectivity index (χ0n) is 11.0. The molecule has 0 atom stereocenters. The molecular weight excluding hydrogens is 272 g/mol. The van der Waals surface area contributed by atoms with Crippen LogP contribution in [0.5, 0.6) is 5.75 Å². The number of ether oxygens (including phenoxy) is 1. The molecule has 2 aromatic carbocycles. The number of rotatable bonds is 4. The third-order valence-electron chi connectivity index (χ3n) is 3.23. The predicted octanol–water partition coefficient (Wildman–Crippen LogP) is 2.34. The molecule has 3 aromatic rings. The summed E-state index contributed by atoms with van der Waals surface area (Å²) in [6.07, 6.45) is 0. The normalized spacial score (nSPS) is 10.9. The molecule has 0 fully saturated rings. The second-order valence-electron chi connectivity index (χ2n) is 4.58. The molecule has 6 nitrogen and oxygen atoms in total. The van der Waals surface area contributed by atoms with E-state index in [4.69, 9.17) is 4.74 Å². The second-order valence-corrected chi connectivity index (χ2v) is 4.58. The lowest BCUT2D eigenvalue weighted by Crippen LogP contribution is -2.13. The zero-order chi connectivity index (χ0) is 14.8. The van der Waals surface area contributed by atoms with Gasteiger partial charge in [0.25, 0.3) is 0 Å². The van der Waals surface area contributed by atoms with Gasteiger partial charge in [-0.05, 0) is 24.3 Å². The van der Waals surface area contributed by atoms with E-state index in [0.29, 0.717) is 22.0 Å². The fraction of sp³-hybridized carbons (Fsp3) is 0.133. The zero-order valence-corrected chi connectivity index (χ0v) is 11.0. The topological polar surface area (TPSA) is 85.2 Å². The monoisotopic (exact) mass is 284 g/mol. The van der Waals surface area contributed by atoms with Crippen LogP contribution in [-0.2, 0) is 0 Å². The number of aromatic amines is 1. The number of pyridine rings is 1. The molecule has 0 saturated heterocycles. The van der Waals surface area contributed by atoms with E-state index >= 15 is 0 Å². The average molecular weight is 284 g/mol. The van der Waals surface area contributed by atoms with Gasteiger partial charge in [0.1, 0.15) is 5.75 Å². The highest BCUT2D eigenvalue weighted by atomic mass is 16.6. The number of fused-ring (bicyclic) bond motifs is 2. The van der Waals surface area contributed by atoms with Crippen molar-refractivity contribution in [2.24, 2.45) is 0 Å². The van der Waals surface area contributed by atoms with Gasteiger partial charge in [0.05, 0.1) is 10.9 Å². The van der Waals surface area contributed by atoms with Crippen LogP contribution < -0.4 is 10.2 Å². The molecule has 6 heteroatoms. The summed E-state index contributed by atoms with van der Waals surface area (Å²) in [5, 5.41) is 11.3. The Morgan fingerprint density at radius 1 is 1.10 bits per heavy atom. The third-order valence-corrected chi connectivity index (χ3v) is 3.23. The summed E-state index contributed by atoms with van der Waals surface area (Å²) < 4.78 is 5.40. The van der Waals surface area contributed by atoms with Gasteiger partial charge >= 0.3 is 0 Å². The maximum Gasteiger partial charge on any atom is 0.237 e. The van der Waals surface area contributed by atoms with Crippen molar-refractivity contribution in [3.8, 4) is 5.75 Å². The Kier molecular flexibility index (Phi) is 3.27. The fourth-order valence-electron chi connectivity index (χ4n) is 2.29. The number of nitrogens with one attached hydrogen (secondary N) is 1. The standard InChI is InChI=1S/C15H12N2O4/c18-15-10-4-1-2-5-11(10)16-12-6-3-7-13(14(12)15)21-9-8-17(19)20/h1-7H,8-9H2,(H,16,18). The van der Waals surface area contributed by atoms with E-state index in [9.17, 15) is 14.9 Å². The molecule has 0 radical (unpaired) electrons. The van der Waals surface area contributed by atoms with Crippen LogP contribution in [0.1, 0.15) is 0 Å². The summed E-state index contributed by atoms with van der Waals surface area (Å²) in [4.78, 5) is 25.6. The van der Waals surface area contributed by atoms with Crippen molar-refractivity contribution in [3.63, 3.8) is 0 Å². The molecule has 3 rings (SSSR count). The highest BCUT2D eigenvalue weighted by Gasteiger charge is 2.10. The number of benzene rings is 2. The van der Waals surface area contributed by atoms with Crippen LogP contribution in [0.2, 0.25) is 0 Å². The Bertz CT molecular complexity index is 886. The molecule has 0 unspecified atom stereocenters. The molecule has 0 aliphatic heterocycles. The molecule has 1 heterocycles.